The molecule has 6 heteroatoms. The van der Waals surface area contributed by atoms with Crippen LogP contribution in [0.5, 0.6) is 0 Å². The first-order valence-electron chi connectivity index (χ1n) is 5.28. The van der Waals surface area contributed by atoms with Crippen LogP contribution in [0.4, 0.5) is 5.95 Å². The van der Waals surface area contributed by atoms with E-state index < -0.39 is 0 Å². The fraction of sp³-hybridized carbons (Fsp3) is 0.600. The summed E-state index contributed by atoms with van der Waals surface area (Å²) in [4.78, 5) is 8.23. The van der Waals surface area contributed by atoms with Crippen molar-refractivity contribution < 1.29 is 4.74 Å². The Labute approximate surface area is 99.4 Å². The molecule has 1 aromatic rings. The summed E-state index contributed by atoms with van der Waals surface area (Å²) in [6, 6.07) is 0. The molecular weight excluding hydrogens is 228 g/mol. The minimum Gasteiger partial charge on any atom is -0.381 e. The van der Waals surface area contributed by atoms with Gasteiger partial charge in [0, 0.05) is 19.8 Å². The van der Waals surface area contributed by atoms with Gasteiger partial charge in [-0.1, -0.05) is 11.6 Å². The minimum atomic E-state index is -0.147. The maximum Gasteiger partial charge on any atom is 0.223 e. The fourth-order valence-electron chi connectivity index (χ4n) is 1.76. The molecule has 1 aliphatic rings. The van der Waals surface area contributed by atoms with E-state index >= 15 is 0 Å². The number of anilines is 1. The Hall–Kier alpha value is -0.910. The van der Waals surface area contributed by atoms with Gasteiger partial charge in [0.2, 0.25) is 5.95 Å². The second-order valence-corrected chi connectivity index (χ2v) is 4.38. The van der Waals surface area contributed by atoms with Crippen molar-refractivity contribution in [3.8, 4) is 0 Å². The normalized spacial score (nSPS) is 19.4. The first-order chi connectivity index (χ1) is 7.74. The van der Waals surface area contributed by atoms with Gasteiger partial charge in [-0.3, -0.25) is 0 Å². The Morgan fingerprint density at radius 2 is 2.00 bits per heavy atom. The molecule has 88 valence electrons. The van der Waals surface area contributed by atoms with Gasteiger partial charge in [0.25, 0.3) is 0 Å². The van der Waals surface area contributed by atoms with Crippen LogP contribution in [0, 0.1) is 0 Å². The molecular formula is C10H15ClN4O. The van der Waals surface area contributed by atoms with Crippen molar-refractivity contribution in [2.24, 2.45) is 5.73 Å². The minimum absolute atomic E-state index is 0.147. The van der Waals surface area contributed by atoms with Crippen LogP contribution < -0.4 is 11.1 Å². The highest BCUT2D eigenvalue weighted by atomic mass is 35.5. The zero-order valence-electron chi connectivity index (χ0n) is 8.95. The highest BCUT2D eigenvalue weighted by molar-refractivity contribution is 6.30. The SMILES string of the molecule is NCC1(Nc2ncc(Cl)cn2)CCOCC1. The number of halogens is 1. The van der Waals surface area contributed by atoms with Crippen LogP contribution in [-0.4, -0.2) is 35.3 Å². The third-order valence-electron chi connectivity index (χ3n) is 2.84. The van der Waals surface area contributed by atoms with E-state index in [1.807, 2.05) is 0 Å². The van der Waals surface area contributed by atoms with Gasteiger partial charge >= 0.3 is 0 Å². The van der Waals surface area contributed by atoms with Crippen molar-refractivity contribution in [2.45, 2.75) is 18.4 Å². The van der Waals surface area contributed by atoms with Crippen molar-refractivity contribution >= 4 is 17.5 Å². The van der Waals surface area contributed by atoms with Gasteiger partial charge in [-0.2, -0.15) is 0 Å². The third kappa shape index (κ3) is 2.61. The van der Waals surface area contributed by atoms with Crippen molar-refractivity contribution in [3.63, 3.8) is 0 Å². The van der Waals surface area contributed by atoms with Gasteiger partial charge in [-0.25, -0.2) is 9.97 Å². The average Bonchev–Trinajstić information content (AvgIpc) is 2.33. The van der Waals surface area contributed by atoms with Gasteiger partial charge < -0.3 is 15.8 Å². The van der Waals surface area contributed by atoms with E-state index in [9.17, 15) is 0 Å². The lowest BCUT2D eigenvalue weighted by Gasteiger charge is -2.36. The van der Waals surface area contributed by atoms with E-state index in [-0.39, 0.29) is 5.54 Å². The van der Waals surface area contributed by atoms with Crippen LogP contribution in [-0.2, 0) is 4.74 Å². The Balaban J connectivity index is 2.08. The molecule has 0 radical (unpaired) electrons. The molecule has 16 heavy (non-hydrogen) atoms. The number of hydrogen-bond donors (Lipinski definition) is 2. The zero-order chi connectivity index (χ0) is 11.4. The summed E-state index contributed by atoms with van der Waals surface area (Å²) >= 11 is 5.73. The Kier molecular flexibility index (Phi) is 3.58. The van der Waals surface area contributed by atoms with Crippen LogP contribution >= 0.6 is 11.6 Å². The number of nitrogens with two attached hydrogens (primary N) is 1. The van der Waals surface area contributed by atoms with Crippen LogP contribution in [0.3, 0.4) is 0 Å². The number of ether oxygens (including phenoxy) is 1. The molecule has 1 aliphatic heterocycles. The van der Waals surface area contributed by atoms with Crippen LogP contribution in [0.2, 0.25) is 5.02 Å². The molecule has 0 bridgehead atoms. The maximum atomic E-state index is 5.82. The lowest BCUT2D eigenvalue weighted by molar-refractivity contribution is 0.0625. The average molecular weight is 243 g/mol. The van der Waals surface area contributed by atoms with Crippen LogP contribution in [0.25, 0.3) is 0 Å². The van der Waals surface area contributed by atoms with Gasteiger partial charge in [0.15, 0.2) is 0 Å². The van der Waals surface area contributed by atoms with Gasteiger partial charge in [0.1, 0.15) is 0 Å². The van der Waals surface area contributed by atoms with E-state index in [1.54, 1.807) is 12.4 Å². The molecule has 0 saturated carbocycles. The first-order valence-corrected chi connectivity index (χ1v) is 5.65. The standard InChI is InChI=1S/C10H15ClN4O/c11-8-5-13-9(14-6-8)15-10(7-12)1-3-16-4-2-10/h5-6H,1-4,7,12H2,(H,13,14,15). The molecule has 1 saturated heterocycles. The molecule has 0 aliphatic carbocycles. The summed E-state index contributed by atoms with van der Waals surface area (Å²) in [6.07, 6.45) is 4.88. The van der Waals surface area contributed by atoms with E-state index in [0.29, 0.717) is 17.5 Å². The molecule has 2 heterocycles. The van der Waals surface area contributed by atoms with Crippen molar-refractivity contribution in [1.82, 2.24) is 9.97 Å². The zero-order valence-corrected chi connectivity index (χ0v) is 9.70. The van der Waals surface area contributed by atoms with Crippen molar-refractivity contribution in [1.29, 1.82) is 0 Å². The number of nitrogens with one attached hydrogen (secondary N) is 1. The summed E-state index contributed by atoms with van der Waals surface area (Å²) < 4.78 is 5.33. The fourth-order valence-corrected chi connectivity index (χ4v) is 1.85. The monoisotopic (exact) mass is 242 g/mol. The second-order valence-electron chi connectivity index (χ2n) is 3.95. The van der Waals surface area contributed by atoms with Crippen LogP contribution in [0.1, 0.15) is 12.8 Å². The number of nitrogens with zero attached hydrogens (tertiary/aromatic N) is 2. The molecule has 1 fully saturated rings. The molecule has 0 amide bonds. The maximum absolute atomic E-state index is 5.82. The third-order valence-corrected chi connectivity index (χ3v) is 3.03. The van der Waals surface area contributed by atoms with Gasteiger partial charge in [-0.05, 0) is 12.8 Å². The summed E-state index contributed by atoms with van der Waals surface area (Å²) in [5, 5.41) is 3.81. The lowest BCUT2D eigenvalue weighted by atomic mass is 9.90. The number of aromatic nitrogens is 2. The van der Waals surface area contributed by atoms with E-state index in [2.05, 4.69) is 15.3 Å². The summed E-state index contributed by atoms with van der Waals surface area (Å²) in [6.45, 7) is 1.98. The molecule has 5 nitrogen and oxygen atoms in total. The van der Waals surface area contributed by atoms with Gasteiger partial charge in [-0.15, -0.1) is 0 Å². The summed E-state index contributed by atoms with van der Waals surface area (Å²) in [5.74, 6) is 0.566. The number of hydrogen-bond acceptors (Lipinski definition) is 5. The van der Waals surface area contributed by atoms with Gasteiger partial charge in [0.05, 0.1) is 23.0 Å². The predicted molar refractivity (Wildman–Crippen MR) is 62.5 cm³/mol. The second kappa shape index (κ2) is 4.95. The molecule has 2 rings (SSSR count). The number of rotatable bonds is 3. The molecule has 1 aromatic heterocycles. The molecule has 0 aromatic carbocycles. The largest absolute Gasteiger partial charge is 0.381 e. The topological polar surface area (TPSA) is 73.1 Å². The molecule has 0 unspecified atom stereocenters. The Morgan fingerprint density at radius 3 is 2.56 bits per heavy atom. The lowest BCUT2D eigenvalue weighted by Crippen LogP contribution is -2.50. The van der Waals surface area contributed by atoms with E-state index in [4.69, 9.17) is 22.1 Å². The van der Waals surface area contributed by atoms with E-state index in [0.717, 1.165) is 26.1 Å². The first kappa shape index (κ1) is 11.6. The van der Waals surface area contributed by atoms with Crippen molar-refractivity contribution in [3.05, 3.63) is 17.4 Å². The summed E-state index contributed by atoms with van der Waals surface area (Å²) in [5.41, 5.74) is 5.67. The molecule has 0 spiro atoms. The highest BCUT2D eigenvalue weighted by Crippen LogP contribution is 2.23. The molecule has 0 atom stereocenters. The van der Waals surface area contributed by atoms with Crippen LogP contribution in [0.15, 0.2) is 12.4 Å². The Bertz CT molecular complexity index is 337. The Morgan fingerprint density at radius 1 is 1.38 bits per heavy atom. The highest BCUT2D eigenvalue weighted by Gasteiger charge is 2.31. The smallest absolute Gasteiger partial charge is 0.223 e. The van der Waals surface area contributed by atoms with Crippen molar-refractivity contribution in [2.75, 3.05) is 25.1 Å². The molecule has 3 N–H and O–H groups in total. The summed E-state index contributed by atoms with van der Waals surface area (Å²) in [7, 11) is 0. The predicted octanol–water partition coefficient (Wildman–Crippen LogP) is 1.05. The van der Waals surface area contributed by atoms with E-state index in [1.165, 1.54) is 0 Å². The quantitative estimate of drug-likeness (QED) is 0.829.